The molecule has 0 aliphatic carbocycles. The zero-order chi connectivity index (χ0) is 13.4. The van der Waals surface area contributed by atoms with E-state index in [0.29, 0.717) is 12.5 Å². The summed E-state index contributed by atoms with van der Waals surface area (Å²) in [4.78, 5) is 1.40. The van der Waals surface area contributed by atoms with Crippen LogP contribution in [0.1, 0.15) is 18.0 Å². The smallest absolute Gasteiger partial charge is 0.162 e. The van der Waals surface area contributed by atoms with Crippen LogP contribution in [-0.2, 0) is 0 Å². The predicted octanol–water partition coefficient (Wildman–Crippen LogP) is -0.642. The Morgan fingerprint density at radius 3 is 2.50 bits per heavy atom. The van der Waals surface area contributed by atoms with Crippen molar-refractivity contribution >= 4 is 0 Å². The highest BCUT2D eigenvalue weighted by Gasteiger charge is 2.19. The molecule has 4 nitrogen and oxygen atoms in total. The molecule has 4 heteroatoms. The lowest BCUT2D eigenvalue weighted by Crippen LogP contribution is -3.09. The zero-order valence-corrected chi connectivity index (χ0v) is 11.4. The van der Waals surface area contributed by atoms with Crippen LogP contribution < -0.4 is 15.0 Å². The first-order valence-corrected chi connectivity index (χ1v) is 6.31. The molecule has 18 heavy (non-hydrogen) atoms. The van der Waals surface area contributed by atoms with Crippen LogP contribution >= 0.6 is 0 Å². The van der Waals surface area contributed by atoms with E-state index in [9.17, 15) is 0 Å². The molecule has 1 aromatic carbocycles. The third-order valence-corrected chi connectivity index (χ3v) is 3.08. The fraction of sp³-hybridized carbons (Fsp3) is 0.500. The van der Waals surface area contributed by atoms with Gasteiger partial charge in [-0.15, -0.1) is 0 Å². The predicted molar refractivity (Wildman–Crippen MR) is 70.4 cm³/mol. The molecule has 0 heterocycles. The molecule has 0 saturated carbocycles. The second-order valence-electron chi connectivity index (χ2n) is 4.62. The number of benzene rings is 1. The molecule has 0 aliphatic rings. The van der Waals surface area contributed by atoms with Gasteiger partial charge in [0.1, 0.15) is 12.3 Å². The molecule has 0 unspecified atom stereocenters. The maximum atomic E-state index is 8.53. The van der Waals surface area contributed by atoms with Gasteiger partial charge in [0, 0.05) is 5.56 Å². The molecule has 0 aromatic heterocycles. The van der Waals surface area contributed by atoms with Gasteiger partial charge in [-0.1, -0.05) is 0 Å². The van der Waals surface area contributed by atoms with Crippen molar-refractivity contribution in [2.45, 2.75) is 12.5 Å². The van der Waals surface area contributed by atoms with Crippen molar-refractivity contribution in [2.75, 3.05) is 34.3 Å². The van der Waals surface area contributed by atoms with Gasteiger partial charge >= 0.3 is 0 Å². The first-order chi connectivity index (χ1) is 8.69. The van der Waals surface area contributed by atoms with Gasteiger partial charge in [0.2, 0.25) is 0 Å². The minimum Gasteiger partial charge on any atom is -0.497 e. The summed E-state index contributed by atoms with van der Waals surface area (Å²) >= 11 is 0. The topological polar surface area (TPSA) is 54.1 Å². The van der Waals surface area contributed by atoms with Gasteiger partial charge in [-0.25, -0.2) is 0 Å². The number of ether oxygens (including phenoxy) is 1. The van der Waals surface area contributed by atoms with Crippen LogP contribution in [0.2, 0.25) is 0 Å². The third kappa shape index (κ3) is 4.36. The van der Waals surface area contributed by atoms with E-state index in [0.717, 1.165) is 18.8 Å². The fourth-order valence-corrected chi connectivity index (χ4v) is 1.99. The van der Waals surface area contributed by atoms with Gasteiger partial charge < -0.3 is 15.0 Å². The molecule has 0 fully saturated rings. The molecule has 1 atom stereocenters. The summed E-state index contributed by atoms with van der Waals surface area (Å²) in [6.45, 7) is 1.87. The second-order valence-corrected chi connectivity index (χ2v) is 4.62. The lowest BCUT2D eigenvalue weighted by molar-refractivity contribution is -0.909. The Morgan fingerprint density at radius 2 is 2.00 bits per heavy atom. The summed E-state index contributed by atoms with van der Waals surface area (Å²) in [7, 11) is 6.00. The van der Waals surface area contributed by atoms with Crippen LogP contribution in [0, 0.1) is 11.3 Å². The summed E-state index contributed by atoms with van der Waals surface area (Å²) in [5.41, 5.74) is 1.31. The van der Waals surface area contributed by atoms with E-state index >= 15 is 0 Å². The van der Waals surface area contributed by atoms with Gasteiger partial charge in [-0.3, -0.25) is 0 Å². The summed E-state index contributed by atoms with van der Waals surface area (Å²) in [5, 5.41) is 10.7. The number of likely N-dealkylation sites (N-methyl/N-ethyl adjacent to an activating group) is 1. The number of methoxy groups -OCH3 is 1. The highest BCUT2D eigenvalue weighted by Crippen LogP contribution is 2.14. The minimum absolute atomic E-state index is 0.439. The number of hydrogen-bond acceptors (Lipinski definition) is 2. The molecule has 1 aromatic rings. The average Bonchev–Trinajstić information content (AvgIpc) is 2.39. The molecule has 0 aliphatic heterocycles. The van der Waals surface area contributed by atoms with Gasteiger partial charge in [0.25, 0.3) is 0 Å². The minimum atomic E-state index is 0.439. The lowest BCUT2D eigenvalue weighted by Gasteiger charge is -2.20. The summed E-state index contributed by atoms with van der Waals surface area (Å²) in [6, 6.07) is 10.9. The largest absolute Gasteiger partial charge is 0.497 e. The Morgan fingerprint density at radius 1 is 1.33 bits per heavy atom. The molecule has 1 rings (SSSR count). The maximum Gasteiger partial charge on any atom is 0.162 e. The normalized spacial score (nSPS) is 12.2. The van der Waals surface area contributed by atoms with E-state index in [2.05, 4.69) is 37.6 Å². The lowest BCUT2D eigenvalue weighted by atomic mass is 10.1. The fourth-order valence-electron chi connectivity index (χ4n) is 1.99. The first kappa shape index (κ1) is 14.5. The van der Waals surface area contributed by atoms with Crippen molar-refractivity contribution in [2.24, 2.45) is 0 Å². The van der Waals surface area contributed by atoms with Crippen LogP contribution in [-0.4, -0.2) is 34.3 Å². The van der Waals surface area contributed by atoms with E-state index in [1.807, 2.05) is 12.1 Å². The van der Waals surface area contributed by atoms with E-state index in [4.69, 9.17) is 10.00 Å². The average molecular weight is 249 g/mol. The molecular weight excluding hydrogens is 226 g/mol. The molecule has 0 saturated heterocycles. The highest BCUT2D eigenvalue weighted by molar-refractivity contribution is 5.28. The summed E-state index contributed by atoms with van der Waals surface area (Å²) in [5.74, 6) is 0.889. The van der Waals surface area contributed by atoms with Crippen LogP contribution in [0.5, 0.6) is 5.75 Å². The zero-order valence-electron chi connectivity index (χ0n) is 11.4. The second kappa shape index (κ2) is 7.70. The number of nitrogens with one attached hydrogen (secondary N) is 1. The summed E-state index contributed by atoms with van der Waals surface area (Å²) < 4.78 is 5.17. The van der Waals surface area contributed by atoms with Crippen molar-refractivity contribution in [3.05, 3.63) is 29.8 Å². The van der Waals surface area contributed by atoms with Crippen LogP contribution in [0.3, 0.4) is 0 Å². The Kier molecular flexibility index (Phi) is 6.20. The van der Waals surface area contributed by atoms with Gasteiger partial charge in [0.15, 0.2) is 6.04 Å². The molecule has 98 valence electrons. The molecule has 0 radical (unpaired) electrons. The first-order valence-electron chi connectivity index (χ1n) is 6.31. The molecule has 0 amide bonds. The van der Waals surface area contributed by atoms with E-state index in [1.165, 1.54) is 10.5 Å². The SMILES string of the molecule is COc1ccc([C@@H](C[NH2+]CCC#N)[NH+](C)C)cc1. The quantitative estimate of drug-likeness (QED) is 0.632. The number of hydrogen-bond donors (Lipinski definition) is 2. The molecule has 0 bridgehead atoms. The van der Waals surface area contributed by atoms with Gasteiger partial charge in [0.05, 0.1) is 40.2 Å². The van der Waals surface area contributed by atoms with Gasteiger partial charge in [-0.2, -0.15) is 5.26 Å². The van der Waals surface area contributed by atoms with Crippen molar-refractivity contribution in [3.63, 3.8) is 0 Å². The Bertz CT molecular complexity index is 381. The van der Waals surface area contributed by atoms with E-state index in [-0.39, 0.29) is 0 Å². The Labute approximate surface area is 109 Å². The van der Waals surface area contributed by atoms with Crippen LogP contribution in [0.15, 0.2) is 24.3 Å². The van der Waals surface area contributed by atoms with Gasteiger partial charge in [-0.05, 0) is 24.3 Å². The molecule has 0 spiro atoms. The number of nitrogens with zero attached hydrogens (tertiary/aromatic N) is 1. The van der Waals surface area contributed by atoms with Crippen molar-refractivity contribution in [1.29, 1.82) is 5.26 Å². The standard InChI is InChI=1S/C14H21N3O/c1-17(2)14(11-16-10-4-9-15)12-5-7-13(18-3)8-6-12/h5-8,14,16H,4,10-11H2,1-3H3/p+2/t14-/m1/s1. The monoisotopic (exact) mass is 249 g/mol. The Hall–Kier alpha value is -1.57. The Balaban J connectivity index is 2.62. The number of nitrogens with two attached hydrogens (primary N) is 1. The highest BCUT2D eigenvalue weighted by atomic mass is 16.5. The van der Waals surface area contributed by atoms with Crippen molar-refractivity contribution in [1.82, 2.24) is 0 Å². The number of quaternary nitrogens is 2. The van der Waals surface area contributed by atoms with Crippen LogP contribution in [0.25, 0.3) is 0 Å². The third-order valence-electron chi connectivity index (χ3n) is 3.08. The van der Waals surface area contributed by atoms with E-state index < -0.39 is 0 Å². The van der Waals surface area contributed by atoms with Crippen molar-refractivity contribution < 1.29 is 15.0 Å². The molecule has 3 N–H and O–H groups in total. The molecular formula is C14H23N3O+2. The van der Waals surface area contributed by atoms with Crippen LogP contribution in [0.4, 0.5) is 0 Å². The number of nitriles is 1. The van der Waals surface area contributed by atoms with Crippen molar-refractivity contribution in [3.8, 4) is 11.8 Å². The summed E-state index contributed by atoms with van der Waals surface area (Å²) in [6.07, 6.45) is 0.609. The van der Waals surface area contributed by atoms with E-state index in [1.54, 1.807) is 7.11 Å². The number of rotatable bonds is 7. The maximum absolute atomic E-state index is 8.53.